The summed E-state index contributed by atoms with van der Waals surface area (Å²) in [6.07, 6.45) is 3.58. The highest BCUT2D eigenvalue weighted by atomic mass is 32.2. The van der Waals surface area contributed by atoms with Crippen molar-refractivity contribution in [1.29, 1.82) is 0 Å². The molecule has 6 nitrogen and oxygen atoms in total. The monoisotopic (exact) mass is 399 g/mol. The lowest BCUT2D eigenvalue weighted by Gasteiger charge is -2.31. The third kappa shape index (κ3) is 3.52. The Balaban J connectivity index is 1.44. The number of piperidine rings is 1. The van der Waals surface area contributed by atoms with Gasteiger partial charge in [-0.25, -0.2) is 13.4 Å². The summed E-state index contributed by atoms with van der Waals surface area (Å²) in [6, 6.07) is 13.1. The lowest BCUT2D eigenvalue weighted by molar-refractivity contribution is 0.254. The molecule has 0 N–H and O–H groups in total. The Morgan fingerprint density at radius 1 is 1.14 bits per heavy atom. The topological polar surface area (TPSA) is 64.4 Å². The summed E-state index contributed by atoms with van der Waals surface area (Å²) in [5.41, 5.74) is 2.95. The van der Waals surface area contributed by atoms with E-state index in [1.807, 2.05) is 31.5 Å². The van der Waals surface area contributed by atoms with E-state index in [9.17, 15) is 8.42 Å². The van der Waals surface area contributed by atoms with Crippen molar-refractivity contribution in [3.05, 3.63) is 54.4 Å². The molecule has 0 bridgehead atoms. The Labute approximate surface area is 165 Å². The SMILES string of the molecule is COc1ccc(S(=O)(=O)N2CCC(Cn3cnc4ccccc43)CC2)cc1C. The predicted molar refractivity (Wildman–Crippen MR) is 109 cm³/mol. The first-order valence-electron chi connectivity index (χ1n) is 9.53. The van der Waals surface area contributed by atoms with E-state index in [0.29, 0.717) is 29.7 Å². The van der Waals surface area contributed by atoms with Gasteiger partial charge < -0.3 is 9.30 Å². The maximum atomic E-state index is 13.0. The second-order valence-corrected chi connectivity index (χ2v) is 9.30. The quantitative estimate of drug-likeness (QED) is 0.659. The van der Waals surface area contributed by atoms with Crippen LogP contribution in [0.15, 0.2) is 53.7 Å². The van der Waals surface area contributed by atoms with E-state index in [4.69, 9.17) is 4.74 Å². The highest BCUT2D eigenvalue weighted by molar-refractivity contribution is 7.89. The van der Waals surface area contributed by atoms with E-state index in [0.717, 1.165) is 36.0 Å². The minimum atomic E-state index is -3.47. The molecular weight excluding hydrogens is 374 g/mol. The van der Waals surface area contributed by atoms with Crippen LogP contribution in [0.2, 0.25) is 0 Å². The van der Waals surface area contributed by atoms with Crippen LogP contribution in [0, 0.1) is 12.8 Å². The number of methoxy groups -OCH3 is 1. The van der Waals surface area contributed by atoms with Crippen molar-refractivity contribution in [2.24, 2.45) is 5.92 Å². The van der Waals surface area contributed by atoms with E-state index >= 15 is 0 Å². The maximum absolute atomic E-state index is 13.0. The molecule has 1 saturated heterocycles. The summed E-state index contributed by atoms with van der Waals surface area (Å²) < 4.78 is 35.0. The number of sulfonamides is 1. The molecule has 0 saturated carbocycles. The fourth-order valence-electron chi connectivity index (χ4n) is 3.93. The normalized spacial score (nSPS) is 16.5. The van der Waals surface area contributed by atoms with Gasteiger partial charge in [0, 0.05) is 19.6 Å². The standard InChI is InChI=1S/C21H25N3O3S/c1-16-13-18(7-8-21(16)27-2)28(25,26)24-11-9-17(10-12-24)14-23-15-22-19-5-3-4-6-20(19)23/h3-8,13,15,17H,9-12,14H2,1-2H3. The Morgan fingerprint density at radius 3 is 2.61 bits per heavy atom. The van der Waals surface area contributed by atoms with Crippen molar-refractivity contribution >= 4 is 21.1 Å². The summed E-state index contributed by atoms with van der Waals surface area (Å²) in [5, 5.41) is 0. The van der Waals surface area contributed by atoms with Crippen molar-refractivity contribution in [2.45, 2.75) is 31.2 Å². The Morgan fingerprint density at radius 2 is 1.89 bits per heavy atom. The summed E-state index contributed by atoms with van der Waals surface area (Å²) in [4.78, 5) is 4.78. The van der Waals surface area contributed by atoms with E-state index in [1.54, 1.807) is 29.6 Å². The smallest absolute Gasteiger partial charge is 0.243 e. The molecule has 148 valence electrons. The number of imidazole rings is 1. The first-order valence-corrected chi connectivity index (χ1v) is 11.0. The van der Waals surface area contributed by atoms with Gasteiger partial charge in [0.15, 0.2) is 0 Å². The molecule has 28 heavy (non-hydrogen) atoms. The van der Waals surface area contributed by atoms with E-state index in [1.165, 1.54) is 0 Å². The number of aryl methyl sites for hydroxylation is 1. The number of hydrogen-bond acceptors (Lipinski definition) is 4. The number of benzene rings is 2. The molecule has 0 unspecified atom stereocenters. The Hall–Kier alpha value is -2.38. The summed E-state index contributed by atoms with van der Waals surface area (Å²) in [6.45, 7) is 3.82. The molecular formula is C21H25N3O3S. The molecule has 0 atom stereocenters. The van der Waals surface area contributed by atoms with Crippen LogP contribution in [0.1, 0.15) is 18.4 Å². The number of fused-ring (bicyclic) bond motifs is 1. The van der Waals surface area contributed by atoms with Crippen LogP contribution >= 0.6 is 0 Å². The molecule has 1 fully saturated rings. The molecule has 0 radical (unpaired) electrons. The first-order chi connectivity index (χ1) is 13.5. The highest BCUT2D eigenvalue weighted by Gasteiger charge is 2.30. The van der Waals surface area contributed by atoms with Gasteiger partial charge >= 0.3 is 0 Å². The Kier molecular flexibility index (Phi) is 5.12. The lowest BCUT2D eigenvalue weighted by Crippen LogP contribution is -2.39. The van der Waals surface area contributed by atoms with Crippen molar-refractivity contribution < 1.29 is 13.2 Å². The van der Waals surface area contributed by atoms with Crippen molar-refractivity contribution in [2.75, 3.05) is 20.2 Å². The van der Waals surface area contributed by atoms with Gasteiger partial charge in [-0.3, -0.25) is 0 Å². The van der Waals surface area contributed by atoms with Crippen molar-refractivity contribution in [3.63, 3.8) is 0 Å². The average molecular weight is 400 g/mol. The van der Waals surface area contributed by atoms with E-state index < -0.39 is 10.0 Å². The predicted octanol–water partition coefficient (Wildman–Crippen LogP) is 3.45. The summed E-state index contributed by atoms with van der Waals surface area (Å²) in [7, 11) is -1.88. The van der Waals surface area contributed by atoms with Gasteiger partial charge in [0.1, 0.15) is 5.75 Å². The minimum Gasteiger partial charge on any atom is -0.496 e. The number of aromatic nitrogens is 2. The van der Waals surface area contributed by atoms with Gasteiger partial charge in [0.25, 0.3) is 0 Å². The second-order valence-electron chi connectivity index (χ2n) is 7.36. The largest absolute Gasteiger partial charge is 0.496 e. The van der Waals surface area contributed by atoms with Gasteiger partial charge in [-0.1, -0.05) is 12.1 Å². The number of nitrogens with zero attached hydrogens (tertiary/aromatic N) is 3. The zero-order valence-electron chi connectivity index (χ0n) is 16.2. The summed E-state index contributed by atoms with van der Waals surface area (Å²) >= 11 is 0. The van der Waals surface area contributed by atoms with Crippen LogP contribution in [0.3, 0.4) is 0 Å². The first kappa shape index (κ1) is 19.0. The van der Waals surface area contributed by atoms with Crippen molar-refractivity contribution in [3.8, 4) is 5.75 Å². The van der Waals surface area contributed by atoms with Gasteiger partial charge in [0.2, 0.25) is 10.0 Å². The molecule has 1 aliphatic rings. The van der Waals surface area contributed by atoms with Gasteiger partial charge in [-0.2, -0.15) is 4.31 Å². The summed E-state index contributed by atoms with van der Waals surface area (Å²) in [5.74, 6) is 1.15. The van der Waals surface area contributed by atoms with Crippen LogP contribution < -0.4 is 4.74 Å². The zero-order valence-corrected chi connectivity index (χ0v) is 17.0. The molecule has 1 aliphatic heterocycles. The lowest BCUT2D eigenvalue weighted by atomic mass is 9.98. The van der Waals surface area contributed by atoms with Crippen LogP contribution in [-0.4, -0.2) is 42.5 Å². The number of para-hydroxylation sites is 2. The fraction of sp³-hybridized carbons (Fsp3) is 0.381. The molecule has 2 aromatic carbocycles. The third-order valence-corrected chi connectivity index (χ3v) is 7.45. The number of hydrogen-bond donors (Lipinski definition) is 0. The molecule has 0 aliphatic carbocycles. The number of ether oxygens (including phenoxy) is 1. The van der Waals surface area contributed by atoms with Crippen LogP contribution in [0.5, 0.6) is 5.75 Å². The van der Waals surface area contributed by atoms with E-state index in [2.05, 4.69) is 15.6 Å². The van der Waals surface area contributed by atoms with Crippen molar-refractivity contribution in [1.82, 2.24) is 13.9 Å². The average Bonchev–Trinajstić information content (AvgIpc) is 3.11. The molecule has 0 spiro atoms. The van der Waals surface area contributed by atoms with Gasteiger partial charge in [-0.05, 0) is 61.6 Å². The van der Waals surface area contributed by atoms with Crippen LogP contribution in [-0.2, 0) is 16.6 Å². The van der Waals surface area contributed by atoms with Crippen LogP contribution in [0.25, 0.3) is 11.0 Å². The molecule has 7 heteroatoms. The van der Waals surface area contributed by atoms with Gasteiger partial charge in [-0.15, -0.1) is 0 Å². The minimum absolute atomic E-state index is 0.338. The molecule has 3 aromatic rings. The molecule has 2 heterocycles. The molecule has 0 amide bonds. The zero-order chi connectivity index (χ0) is 19.7. The molecule has 1 aromatic heterocycles. The van der Waals surface area contributed by atoms with E-state index in [-0.39, 0.29) is 0 Å². The Bertz CT molecular complexity index is 1080. The maximum Gasteiger partial charge on any atom is 0.243 e. The fourth-order valence-corrected chi connectivity index (χ4v) is 5.48. The number of rotatable bonds is 5. The van der Waals surface area contributed by atoms with Gasteiger partial charge in [0.05, 0.1) is 29.4 Å². The third-order valence-electron chi connectivity index (χ3n) is 5.56. The van der Waals surface area contributed by atoms with Crippen LogP contribution in [0.4, 0.5) is 0 Å². The highest BCUT2D eigenvalue weighted by Crippen LogP contribution is 2.28. The second kappa shape index (κ2) is 7.56. The molecule has 4 rings (SSSR count).